The first-order valence-corrected chi connectivity index (χ1v) is 10.9. The summed E-state index contributed by atoms with van der Waals surface area (Å²) in [4.78, 5) is 14.8. The molecule has 4 rings (SSSR count). The quantitative estimate of drug-likeness (QED) is 0.750. The molecule has 2 aliphatic rings. The van der Waals surface area contributed by atoms with Crippen LogP contribution in [0.25, 0.3) is 0 Å². The molecule has 0 saturated heterocycles. The normalized spacial score (nSPS) is 16.2. The van der Waals surface area contributed by atoms with E-state index in [4.69, 9.17) is 0 Å². The van der Waals surface area contributed by atoms with Gasteiger partial charge in [0.1, 0.15) is 5.03 Å². The number of nitrogens with zero attached hydrogens (tertiary/aromatic N) is 3. The Morgan fingerprint density at radius 2 is 1.79 bits per heavy atom. The Morgan fingerprint density at radius 1 is 1.14 bits per heavy atom. The van der Waals surface area contributed by atoms with Crippen LogP contribution in [0.1, 0.15) is 53.8 Å². The SMILES string of the molecule is CC(c1cc(SNC(=O)Nc2c3c(cc4c2CCC4)CCC3)nn1C)N(C)C. The van der Waals surface area contributed by atoms with E-state index in [-0.39, 0.29) is 12.1 Å². The third-order valence-corrected chi connectivity index (χ3v) is 6.75. The van der Waals surface area contributed by atoms with Gasteiger partial charge in [-0.25, -0.2) is 4.79 Å². The van der Waals surface area contributed by atoms with Crippen molar-refractivity contribution in [3.8, 4) is 0 Å². The van der Waals surface area contributed by atoms with E-state index in [1.165, 1.54) is 47.0 Å². The Hall–Kier alpha value is -1.99. The van der Waals surface area contributed by atoms with Gasteiger partial charge in [0, 0.05) is 30.7 Å². The van der Waals surface area contributed by atoms with Crippen LogP contribution in [0.2, 0.25) is 0 Å². The van der Waals surface area contributed by atoms with Gasteiger partial charge in [-0.05, 0) is 87.9 Å². The van der Waals surface area contributed by atoms with Gasteiger partial charge in [0.2, 0.25) is 0 Å². The lowest BCUT2D eigenvalue weighted by Crippen LogP contribution is -2.24. The van der Waals surface area contributed by atoms with Gasteiger partial charge in [-0.2, -0.15) is 5.10 Å². The molecule has 1 unspecified atom stereocenters. The molecule has 2 amide bonds. The van der Waals surface area contributed by atoms with Crippen molar-refractivity contribution >= 4 is 23.7 Å². The molecule has 1 heterocycles. The molecule has 150 valence electrons. The van der Waals surface area contributed by atoms with Crippen molar-refractivity contribution in [2.45, 2.75) is 56.5 Å². The Bertz CT molecular complexity index is 872. The van der Waals surface area contributed by atoms with E-state index in [0.29, 0.717) is 0 Å². The van der Waals surface area contributed by atoms with Crippen molar-refractivity contribution in [1.29, 1.82) is 0 Å². The molecular formula is C21H29N5OS. The van der Waals surface area contributed by atoms with E-state index in [1.54, 1.807) is 0 Å². The fourth-order valence-corrected chi connectivity index (χ4v) is 4.96. The highest BCUT2D eigenvalue weighted by atomic mass is 32.2. The van der Waals surface area contributed by atoms with E-state index >= 15 is 0 Å². The van der Waals surface area contributed by atoms with Crippen LogP contribution in [0.15, 0.2) is 17.2 Å². The largest absolute Gasteiger partial charge is 0.329 e. The van der Waals surface area contributed by atoms with Gasteiger partial charge in [-0.1, -0.05) is 6.07 Å². The van der Waals surface area contributed by atoms with Crippen LogP contribution >= 0.6 is 11.9 Å². The smallest absolute Gasteiger partial charge is 0.307 e. The second-order valence-electron chi connectivity index (χ2n) is 8.06. The van der Waals surface area contributed by atoms with E-state index in [2.05, 4.69) is 33.0 Å². The minimum Gasteiger partial charge on any atom is -0.307 e. The zero-order valence-electron chi connectivity index (χ0n) is 17.1. The van der Waals surface area contributed by atoms with E-state index in [1.807, 2.05) is 31.9 Å². The number of hydrogen-bond acceptors (Lipinski definition) is 4. The number of nitrogens with one attached hydrogen (secondary N) is 2. The van der Waals surface area contributed by atoms with Crippen molar-refractivity contribution in [1.82, 2.24) is 19.4 Å². The van der Waals surface area contributed by atoms with Crippen molar-refractivity contribution in [3.63, 3.8) is 0 Å². The zero-order chi connectivity index (χ0) is 19.8. The Kier molecular flexibility index (Phi) is 5.38. The molecule has 0 radical (unpaired) electrons. The Morgan fingerprint density at radius 3 is 2.39 bits per heavy atom. The summed E-state index contributed by atoms with van der Waals surface area (Å²) in [5.41, 5.74) is 7.74. The minimum atomic E-state index is -0.174. The van der Waals surface area contributed by atoms with Crippen LogP contribution in [0.3, 0.4) is 0 Å². The first-order valence-electron chi connectivity index (χ1n) is 10.0. The van der Waals surface area contributed by atoms with E-state index in [9.17, 15) is 4.79 Å². The standard InChI is InChI=1S/C21H29N5OS/c1-13(25(2)3)18-12-19(23-26(18)4)28-24-21(27)22-20-16-9-5-7-14(16)11-15-8-6-10-17(15)20/h11-13H,5-10H2,1-4H3,(H2,22,24,27). The van der Waals surface area contributed by atoms with Crippen LogP contribution in [-0.4, -0.2) is 34.8 Å². The van der Waals surface area contributed by atoms with Crippen LogP contribution in [-0.2, 0) is 32.7 Å². The number of anilines is 1. The molecule has 1 aromatic heterocycles. The molecule has 7 heteroatoms. The molecule has 2 aliphatic carbocycles. The number of benzene rings is 1. The zero-order valence-corrected chi connectivity index (χ0v) is 17.9. The lowest BCUT2D eigenvalue weighted by atomic mass is 9.99. The van der Waals surface area contributed by atoms with Crippen molar-refractivity contribution in [2.75, 3.05) is 19.4 Å². The highest BCUT2D eigenvalue weighted by Crippen LogP contribution is 2.38. The number of aryl methyl sites for hydroxylation is 3. The lowest BCUT2D eigenvalue weighted by molar-refractivity contribution is 0.257. The summed E-state index contributed by atoms with van der Waals surface area (Å²) in [5, 5.41) is 8.48. The molecule has 6 nitrogen and oxygen atoms in total. The van der Waals surface area contributed by atoms with E-state index in [0.717, 1.165) is 42.1 Å². The van der Waals surface area contributed by atoms with Gasteiger partial charge in [0.15, 0.2) is 0 Å². The first kappa shape index (κ1) is 19.3. The van der Waals surface area contributed by atoms with Crippen LogP contribution in [0.4, 0.5) is 10.5 Å². The third kappa shape index (κ3) is 3.65. The third-order valence-electron chi connectivity index (χ3n) is 6.06. The molecule has 28 heavy (non-hydrogen) atoms. The molecule has 2 aromatic rings. The topological polar surface area (TPSA) is 62.2 Å². The van der Waals surface area contributed by atoms with Gasteiger partial charge in [-0.15, -0.1) is 0 Å². The van der Waals surface area contributed by atoms with E-state index < -0.39 is 0 Å². The maximum absolute atomic E-state index is 12.6. The molecule has 1 atom stereocenters. The second-order valence-corrected chi connectivity index (χ2v) is 8.89. The predicted molar refractivity (Wildman–Crippen MR) is 114 cm³/mol. The monoisotopic (exact) mass is 399 g/mol. The number of hydrogen-bond donors (Lipinski definition) is 2. The molecule has 0 aliphatic heterocycles. The molecule has 0 bridgehead atoms. The van der Waals surface area contributed by atoms with Gasteiger partial charge in [0.05, 0.1) is 5.69 Å². The average Bonchev–Trinajstić information content (AvgIpc) is 3.38. The number of aromatic nitrogens is 2. The summed E-state index contributed by atoms with van der Waals surface area (Å²) >= 11 is 1.27. The summed E-state index contributed by atoms with van der Waals surface area (Å²) in [6, 6.07) is 4.50. The van der Waals surface area contributed by atoms with Gasteiger partial charge in [-0.3, -0.25) is 9.40 Å². The fraction of sp³-hybridized carbons (Fsp3) is 0.524. The summed E-state index contributed by atoms with van der Waals surface area (Å²) in [6.07, 6.45) is 6.77. The Labute approximate surface area is 171 Å². The average molecular weight is 400 g/mol. The number of carbonyl (C=O) groups excluding carboxylic acids is 1. The molecular weight excluding hydrogens is 370 g/mol. The first-order chi connectivity index (χ1) is 13.4. The summed E-state index contributed by atoms with van der Waals surface area (Å²) in [6.45, 7) is 2.14. The molecule has 0 saturated carbocycles. The van der Waals surface area contributed by atoms with Gasteiger partial charge < -0.3 is 10.2 Å². The number of amides is 2. The van der Waals surface area contributed by atoms with Crippen LogP contribution < -0.4 is 10.0 Å². The number of fused-ring (bicyclic) bond motifs is 2. The van der Waals surface area contributed by atoms with Crippen LogP contribution in [0.5, 0.6) is 0 Å². The summed E-state index contributed by atoms with van der Waals surface area (Å²) in [7, 11) is 6.04. The summed E-state index contributed by atoms with van der Waals surface area (Å²) < 4.78 is 4.79. The molecule has 2 N–H and O–H groups in total. The number of urea groups is 1. The van der Waals surface area contributed by atoms with Crippen molar-refractivity contribution in [3.05, 3.63) is 40.1 Å². The Balaban J connectivity index is 1.45. The highest BCUT2D eigenvalue weighted by molar-refractivity contribution is 7.97. The lowest BCUT2D eigenvalue weighted by Gasteiger charge is -2.19. The predicted octanol–water partition coefficient (Wildman–Crippen LogP) is 3.85. The fourth-order valence-electron chi connectivity index (χ4n) is 4.36. The van der Waals surface area contributed by atoms with Crippen LogP contribution in [0, 0.1) is 0 Å². The molecule has 0 fully saturated rings. The van der Waals surface area contributed by atoms with Gasteiger partial charge >= 0.3 is 6.03 Å². The highest BCUT2D eigenvalue weighted by Gasteiger charge is 2.25. The number of rotatable bonds is 5. The molecule has 1 aromatic carbocycles. The summed E-state index contributed by atoms with van der Waals surface area (Å²) in [5.74, 6) is 0. The van der Waals surface area contributed by atoms with Crippen molar-refractivity contribution in [2.24, 2.45) is 7.05 Å². The molecule has 0 spiro atoms. The maximum atomic E-state index is 12.6. The number of carbonyl (C=O) groups is 1. The second kappa shape index (κ2) is 7.79. The van der Waals surface area contributed by atoms with Crippen molar-refractivity contribution < 1.29 is 4.79 Å². The van der Waals surface area contributed by atoms with Gasteiger partial charge in [0.25, 0.3) is 0 Å². The minimum absolute atomic E-state index is 0.174. The maximum Gasteiger partial charge on any atom is 0.329 e.